The number of hydrogen-bond acceptors (Lipinski definition) is 2. The van der Waals surface area contributed by atoms with Crippen LogP contribution in [0.25, 0.3) is 0 Å². The molecule has 3 nitrogen and oxygen atoms in total. The topological polar surface area (TPSA) is 46.3 Å². The summed E-state index contributed by atoms with van der Waals surface area (Å²) in [7, 11) is 0. The molecule has 0 saturated carbocycles. The highest BCUT2D eigenvalue weighted by atomic mass is 16.2. The van der Waals surface area contributed by atoms with E-state index in [1.807, 2.05) is 11.0 Å². The summed E-state index contributed by atoms with van der Waals surface area (Å²) < 4.78 is 0. The van der Waals surface area contributed by atoms with Crippen LogP contribution in [-0.4, -0.2) is 30.4 Å². The fourth-order valence-electron chi connectivity index (χ4n) is 1.62. The minimum atomic E-state index is 0.266. The van der Waals surface area contributed by atoms with Crippen molar-refractivity contribution >= 4 is 5.91 Å². The molecule has 1 saturated heterocycles. The van der Waals surface area contributed by atoms with E-state index in [0.717, 1.165) is 25.9 Å². The van der Waals surface area contributed by atoms with Crippen molar-refractivity contribution in [3.63, 3.8) is 0 Å². The molecule has 1 aliphatic rings. The molecule has 1 aliphatic heterocycles. The van der Waals surface area contributed by atoms with Crippen LogP contribution in [0.5, 0.6) is 0 Å². The van der Waals surface area contributed by atoms with Crippen molar-refractivity contribution in [3.05, 3.63) is 12.7 Å². The largest absolute Gasteiger partial charge is 0.342 e. The van der Waals surface area contributed by atoms with Crippen molar-refractivity contribution in [3.8, 4) is 0 Å². The van der Waals surface area contributed by atoms with E-state index in [1.54, 1.807) is 0 Å². The highest BCUT2D eigenvalue weighted by molar-refractivity contribution is 5.78. The van der Waals surface area contributed by atoms with Gasteiger partial charge in [0.25, 0.3) is 0 Å². The van der Waals surface area contributed by atoms with Gasteiger partial charge < -0.3 is 10.6 Å². The van der Waals surface area contributed by atoms with Gasteiger partial charge in [0, 0.05) is 25.4 Å². The van der Waals surface area contributed by atoms with Crippen LogP contribution in [0.15, 0.2) is 12.7 Å². The molecule has 1 atom stereocenters. The third kappa shape index (κ3) is 2.84. The number of amides is 1. The van der Waals surface area contributed by atoms with Crippen LogP contribution in [0.1, 0.15) is 19.3 Å². The number of hydrogen-bond donors (Lipinski definition) is 1. The van der Waals surface area contributed by atoms with Gasteiger partial charge in [-0.15, -0.1) is 6.58 Å². The number of nitrogens with two attached hydrogens (primary N) is 1. The predicted molar refractivity (Wildman–Crippen MR) is 53.2 cm³/mol. The van der Waals surface area contributed by atoms with Crippen LogP contribution in [-0.2, 0) is 4.79 Å². The molecule has 0 aromatic carbocycles. The standard InChI is InChI=1S/C10H18N2O/c1-2-9-7-10(13)12(8-9)6-4-3-5-11/h2,9H,1,3-8,11H2. The molecule has 0 spiro atoms. The zero-order chi connectivity index (χ0) is 9.68. The third-order valence-corrected chi connectivity index (χ3v) is 2.46. The average molecular weight is 182 g/mol. The second kappa shape index (κ2) is 5.02. The molecule has 0 aromatic rings. The zero-order valence-corrected chi connectivity index (χ0v) is 8.04. The van der Waals surface area contributed by atoms with Crippen molar-refractivity contribution in [2.24, 2.45) is 11.7 Å². The van der Waals surface area contributed by atoms with Gasteiger partial charge in [-0.05, 0) is 19.4 Å². The number of carbonyl (C=O) groups excluding carboxylic acids is 1. The maximum Gasteiger partial charge on any atom is 0.223 e. The predicted octanol–water partition coefficient (Wildman–Crippen LogP) is 0.760. The van der Waals surface area contributed by atoms with Crippen LogP contribution >= 0.6 is 0 Å². The lowest BCUT2D eigenvalue weighted by atomic mass is 10.1. The second-order valence-corrected chi connectivity index (χ2v) is 3.54. The van der Waals surface area contributed by atoms with Gasteiger partial charge in [-0.2, -0.15) is 0 Å². The van der Waals surface area contributed by atoms with E-state index in [9.17, 15) is 4.79 Å². The van der Waals surface area contributed by atoms with Crippen LogP contribution < -0.4 is 5.73 Å². The molecule has 74 valence electrons. The molecule has 3 heteroatoms. The molecule has 13 heavy (non-hydrogen) atoms. The lowest BCUT2D eigenvalue weighted by molar-refractivity contribution is -0.127. The minimum Gasteiger partial charge on any atom is -0.342 e. The first kappa shape index (κ1) is 10.3. The Morgan fingerprint density at radius 3 is 2.92 bits per heavy atom. The summed E-state index contributed by atoms with van der Waals surface area (Å²) in [6.45, 7) is 6.14. The molecule has 1 rings (SSSR count). The van der Waals surface area contributed by atoms with E-state index in [4.69, 9.17) is 5.73 Å². The number of likely N-dealkylation sites (tertiary alicyclic amines) is 1. The molecule has 2 N–H and O–H groups in total. The van der Waals surface area contributed by atoms with Crippen LogP contribution in [0.4, 0.5) is 0 Å². The number of nitrogens with zero attached hydrogens (tertiary/aromatic N) is 1. The second-order valence-electron chi connectivity index (χ2n) is 3.54. The SMILES string of the molecule is C=CC1CC(=O)N(CCCCN)C1. The Hall–Kier alpha value is -0.830. The Morgan fingerprint density at radius 1 is 1.62 bits per heavy atom. The van der Waals surface area contributed by atoms with E-state index in [-0.39, 0.29) is 5.91 Å². The molecule has 0 bridgehead atoms. The first-order valence-corrected chi connectivity index (χ1v) is 4.88. The maximum atomic E-state index is 11.4. The van der Waals surface area contributed by atoms with E-state index in [0.29, 0.717) is 18.9 Å². The van der Waals surface area contributed by atoms with Gasteiger partial charge in [-0.25, -0.2) is 0 Å². The van der Waals surface area contributed by atoms with Gasteiger partial charge in [0.1, 0.15) is 0 Å². The smallest absolute Gasteiger partial charge is 0.223 e. The highest BCUT2D eigenvalue weighted by Crippen LogP contribution is 2.18. The lowest BCUT2D eigenvalue weighted by Gasteiger charge is -2.15. The van der Waals surface area contributed by atoms with Crippen molar-refractivity contribution in [1.82, 2.24) is 4.90 Å². The number of carbonyl (C=O) groups is 1. The molecule has 0 aromatic heterocycles. The van der Waals surface area contributed by atoms with Crippen LogP contribution in [0.2, 0.25) is 0 Å². The summed E-state index contributed by atoms with van der Waals surface area (Å²) in [4.78, 5) is 13.3. The molecule has 0 aliphatic carbocycles. The summed E-state index contributed by atoms with van der Waals surface area (Å²) in [5.41, 5.74) is 5.38. The molecule has 1 unspecified atom stereocenters. The monoisotopic (exact) mass is 182 g/mol. The Balaban J connectivity index is 2.26. The fourth-order valence-corrected chi connectivity index (χ4v) is 1.62. The molecular weight excluding hydrogens is 164 g/mol. The van der Waals surface area contributed by atoms with E-state index >= 15 is 0 Å². The number of unbranched alkanes of at least 4 members (excludes halogenated alkanes) is 1. The molecule has 1 heterocycles. The fraction of sp³-hybridized carbons (Fsp3) is 0.700. The summed E-state index contributed by atoms with van der Waals surface area (Å²) >= 11 is 0. The van der Waals surface area contributed by atoms with Gasteiger partial charge in [-0.1, -0.05) is 6.08 Å². The molecule has 1 amide bonds. The third-order valence-electron chi connectivity index (χ3n) is 2.46. The van der Waals surface area contributed by atoms with Gasteiger partial charge in [0.15, 0.2) is 0 Å². The van der Waals surface area contributed by atoms with Crippen molar-refractivity contribution in [2.75, 3.05) is 19.6 Å². The Morgan fingerprint density at radius 2 is 2.38 bits per heavy atom. The quantitative estimate of drug-likeness (QED) is 0.504. The van der Waals surface area contributed by atoms with Crippen molar-refractivity contribution in [1.29, 1.82) is 0 Å². The summed E-state index contributed by atoms with van der Waals surface area (Å²) in [6, 6.07) is 0. The normalized spacial score (nSPS) is 22.4. The molecule has 0 radical (unpaired) electrons. The Labute approximate surface area is 79.6 Å². The van der Waals surface area contributed by atoms with Gasteiger partial charge in [-0.3, -0.25) is 4.79 Å². The van der Waals surface area contributed by atoms with Crippen molar-refractivity contribution < 1.29 is 4.79 Å². The maximum absolute atomic E-state index is 11.4. The molecular formula is C10H18N2O. The summed E-state index contributed by atoms with van der Waals surface area (Å²) in [5, 5.41) is 0. The molecule has 1 fully saturated rings. The minimum absolute atomic E-state index is 0.266. The summed E-state index contributed by atoms with van der Waals surface area (Å²) in [5.74, 6) is 0.632. The van der Waals surface area contributed by atoms with Crippen molar-refractivity contribution in [2.45, 2.75) is 19.3 Å². The summed E-state index contributed by atoms with van der Waals surface area (Å²) in [6.07, 6.45) is 4.54. The first-order valence-electron chi connectivity index (χ1n) is 4.88. The van der Waals surface area contributed by atoms with Gasteiger partial charge in [0.05, 0.1) is 0 Å². The average Bonchev–Trinajstić information content (AvgIpc) is 2.48. The van der Waals surface area contributed by atoms with Gasteiger partial charge in [0.2, 0.25) is 5.91 Å². The van der Waals surface area contributed by atoms with E-state index < -0.39 is 0 Å². The van der Waals surface area contributed by atoms with E-state index in [2.05, 4.69) is 6.58 Å². The highest BCUT2D eigenvalue weighted by Gasteiger charge is 2.26. The van der Waals surface area contributed by atoms with Crippen LogP contribution in [0, 0.1) is 5.92 Å². The zero-order valence-electron chi connectivity index (χ0n) is 8.04. The van der Waals surface area contributed by atoms with Gasteiger partial charge >= 0.3 is 0 Å². The number of rotatable bonds is 5. The first-order chi connectivity index (χ1) is 6.27. The Kier molecular flexibility index (Phi) is 3.96. The Bertz CT molecular complexity index is 191. The van der Waals surface area contributed by atoms with Crippen LogP contribution in [0.3, 0.4) is 0 Å². The van der Waals surface area contributed by atoms with E-state index in [1.165, 1.54) is 0 Å². The lowest BCUT2D eigenvalue weighted by Crippen LogP contribution is -2.26.